The van der Waals surface area contributed by atoms with E-state index in [9.17, 15) is 4.79 Å². The first-order valence-corrected chi connectivity index (χ1v) is 8.91. The third-order valence-electron chi connectivity index (χ3n) is 3.62. The van der Waals surface area contributed by atoms with Gasteiger partial charge in [0.15, 0.2) is 0 Å². The number of rotatable bonds is 5. The van der Waals surface area contributed by atoms with Crippen molar-refractivity contribution < 1.29 is 28.4 Å². The van der Waals surface area contributed by atoms with Crippen molar-refractivity contribution in [3.8, 4) is 0 Å². The third-order valence-corrected chi connectivity index (χ3v) is 4.15. The molecule has 6 heteroatoms. The van der Waals surface area contributed by atoms with Gasteiger partial charge in [0, 0.05) is 16.1 Å². The molecule has 0 saturated heterocycles. The van der Waals surface area contributed by atoms with Crippen LogP contribution in [0.25, 0.3) is 10.9 Å². The molecule has 1 atom stereocenters. The van der Waals surface area contributed by atoms with Crippen LogP contribution in [0.3, 0.4) is 0 Å². The number of halogens is 1. The molecular formula is C22H18BrLiN2O2-2. The van der Waals surface area contributed by atoms with E-state index in [0.29, 0.717) is 5.69 Å². The quantitative estimate of drug-likeness (QED) is 0.384. The molecule has 0 spiro atoms. The molecule has 0 fully saturated rings. The first kappa shape index (κ1) is 23.7. The van der Waals surface area contributed by atoms with Crippen LogP contribution in [0.5, 0.6) is 0 Å². The van der Waals surface area contributed by atoms with E-state index in [-0.39, 0.29) is 30.7 Å². The molecule has 2 aromatic carbocycles. The second kappa shape index (κ2) is 12.2. The van der Waals surface area contributed by atoms with Crippen LogP contribution >= 0.6 is 15.9 Å². The Morgan fingerprint density at radius 2 is 1.86 bits per heavy atom. The molecule has 4 nitrogen and oxygen atoms in total. The maximum Gasteiger partial charge on any atom is 1.00 e. The summed E-state index contributed by atoms with van der Waals surface area (Å²) in [7, 11) is 0. The van der Waals surface area contributed by atoms with Gasteiger partial charge in [-0.1, -0.05) is 46.3 Å². The Morgan fingerprint density at radius 1 is 1.21 bits per heavy atom. The molecule has 1 amide bonds. The van der Waals surface area contributed by atoms with E-state index in [1.54, 1.807) is 12.6 Å². The summed E-state index contributed by atoms with van der Waals surface area (Å²) in [4.78, 5) is 25.5. The number of pyridine rings is 1. The maximum absolute atomic E-state index is 12.3. The zero-order valence-electron chi connectivity index (χ0n) is 15.6. The van der Waals surface area contributed by atoms with Crippen LogP contribution in [-0.4, -0.2) is 17.2 Å². The Balaban J connectivity index is 0.000000717. The van der Waals surface area contributed by atoms with Crippen molar-refractivity contribution in [2.75, 3.05) is 5.32 Å². The smallest absolute Gasteiger partial charge is 0.419 e. The van der Waals surface area contributed by atoms with Gasteiger partial charge in [0.1, 0.15) is 0 Å². The van der Waals surface area contributed by atoms with Gasteiger partial charge in [-0.2, -0.15) is 0 Å². The van der Waals surface area contributed by atoms with Crippen LogP contribution < -0.4 is 24.2 Å². The molecule has 0 bridgehead atoms. The molecule has 0 saturated carbocycles. The summed E-state index contributed by atoms with van der Waals surface area (Å²) in [5, 5.41) is 3.88. The van der Waals surface area contributed by atoms with Crippen LogP contribution in [-0.2, 0) is 9.59 Å². The number of amides is 1. The summed E-state index contributed by atoms with van der Waals surface area (Å²) >= 11 is 3.40. The topological polar surface area (TPSA) is 59.1 Å². The largest absolute Gasteiger partial charge is 1.00 e. The number of allylic oxidation sites excluding steroid dienone is 1. The number of para-hydroxylation sites is 1. The molecule has 1 aromatic heterocycles. The van der Waals surface area contributed by atoms with Crippen molar-refractivity contribution in [3.05, 3.63) is 96.8 Å². The predicted molar refractivity (Wildman–Crippen MR) is 113 cm³/mol. The van der Waals surface area contributed by atoms with Gasteiger partial charge in [-0.15, -0.1) is 5.56 Å². The standard InChI is InChI=1S/C19H15BrN2O.C3H3O.Li/c1-13(14-7-9-16(20)10-8-14)12-18(23)22-17-6-2-4-15-5-3-11-21-19(15)17;1-2-3-4;/h2-13H,1H2,(H,22,23);2H,1H2;/q-2;-1;+1/t13-;;/m0../s1. The molecule has 0 aliphatic heterocycles. The number of nitrogens with one attached hydrogen (secondary N) is 1. The Kier molecular flexibility index (Phi) is 10.3. The maximum atomic E-state index is 12.3. The summed E-state index contributed by atoms with van der Waals surface area (Å²) in [6.45, 7) is 7.09. The van der Waals surface area contributed by atoms with E-state index in [2.05, 4.69) is 39.7 Å². The van der Waals surface area contributed by atoms with E-state index < -0.39 is 0 Å². The summed E-state index contributed by atoms with van der Waals surface area (Å²) in [6, 6.07) is 17.3. The number of hydrogen-bond acceptors (Lipinski definition) is 3. The molecule has 3 aromatic rings. The first-order chi connectivity index (χ1) is 13.0. The van der Waals surface area contributed by atoms with E-state index in [4.69, 9.17) is 4.79 Å². The number of carbonyl (C=O) groups excluding carboxylic acids is 2. The Hall–Kier alpha value is -2.32. The molecular weight excluding hydrogens is 411 g/mol. The number of nitrogens with zero attached hydrogens (tertiary/aromatic N) is 1. The fourth-order valence-electron chi connectivity index (χ4n) is 2.37. The number of benzene rings is 2. The summed E-state index contributed by atoms with van der Waals surface area (Å²) in [5.41, 5.74) is 2.47. The van der Waals surface area contributed by atoms with E-state index in [1.807, 2.05) is 54.6 Å². The van der Waals surface area contributed by atoms with Crippen molar-refractivity contribution in [2.24, 2.45) is 0 Å². The fraction of sp³-hybridized carbons (Fsp3) is 0.0455. The van der Waals surface area contributed by atoms with Gasteiger partial charge in [-0.05, 0) is 30.6 Å². The van der Waals surface area contributed by atoms with Gasteiger partial charge in [0.2, 0.25) is 0 Å². The molecule has 0 aliphatic rings. The fourth-order valence-corrected chi connectivity index (χ4v) is 2.63. The van der Waals surface area contributed by atoms with Gasteiger partial charge in [0.05, 0.1) is 17.1 Å². The van der Waals surface area contributed by atoms with Crippen LogP contribution in [0, 0.1) is 13.3 Å². The molecule has 28 heavy (non-hydrogen) atoms. The molecule has 0 unspecified atom stereocenters. The van der Waals surface area contributed by atoms with Crippen molar-refractivity contribution in [1.29, 1.82) is 0 Å². The van der Waals surface area contributed by atoms with Crippen molar-refractivity contribution in [1.82, 2.24) is 4.98 Å². The number of fused-ring (bicyclic) bond motifs is 1. The van der Waals surface area contributed by atoms with Crippen molar-refractivity contribution in [3.63, 3.8) is 0 Å². The molecule has 3 rings (SSSR count). The van der Waals surface area contributed by atoms with E-state index in [1.165, 1.54) is 6.29 Å². The molecule has 1 heterocycles. The van der Waals surface area contributed by atoms with Crippen LogP contribution in [0.2, 0.25) is 0 Å². The average molecular weight is 429 g/mol. The number of anilines is 1. The van der Waals surface area contributed by atoms with Gasteiger partial charge in [0.25, 0.3) is 0 Å². The Labute approximate surface area is 185 Å². The normalized spacial score (nSPS) is 10.5. The summed E-state index contributed by atoms with van der Waals surface area (Å²) in [5.74, 6) is -0.405. The second-order valence-corrected chi connectivity index (χ2v) is 6.43. The van der Waals surface area contributed by atoms with Gasteiger partial charge in [-0.3, -0.25) is 10.9 Å². The third kappa shape index (κ3) is 7.01. The minimum atomic E-state index is -0.217. The first-order valence-electron chi connectivity index (χ1n) is 8.12. The Morgan fingerprint density at radius 3 is 2.50 bits per heavy atom. The zero-order chi connectivity index (χ0) is 19.6. The van der Waals surface area contributed by atoms with Crippen LogP contribution in [0.4, 0.5) is 5.69 Å². The number of hydrogen-bond donors (Lipinski definition) is 1. The van der Waals surface area contributed by atoms with E-state index >= 15 is 0 Å². The van der Waals surface area contributed by atoms with Crippen LogP contribution in [0.1, 0.15) is 11.5 Å². The minimum absolute atomic E-state index is 0. The second-order valence-electron chi connectivity index (χ2n) is 5.52. The summed E-state index contributed by atoms with van der Waals surface area (Å²) < 4.78 is 1.000. The summed E-state index contributed by atoms with van der Waals surface area (Å²) in [6.07, 6.45) is 5.80. The van der Waals surface area contributed by atoms with Gasteiger partial charge < -0.3 is 28.3 Å². The van der Waals surface area contributed by atoms with Gasteiger partial charge in [-0.25, -0.2) is 12.7 Å². The van der Waals surface area contributed by atoms with E-state index in [0.717, 1.165) is 27.0 Å². The minimum Gasteiger partial charge on any atom is -0.419 e. The van der Waals surface area contributed by atoms with Crippen molar-refractivity contribution in [2.45, 2.75) is 5.92 Å². The molecule has 1 N–H and O–H groups in total. The molecule has 0 aliphatic carbocycles. The molecule has 138 valence electrons. The number of aromatic nitrogens is 1. The zero-order valence-corrected chi connectivity index (χ0v) is 17.1. The number of carbonyl (C=O) groups is 1. The predicted octanol–water partition coefficient (Wildman–Crippen LogP) is 2.04. The molecule has 0 radical (unpaired) electrons. The van der Waals surface area contributed by atoms with Gasteiger partial charge >= 0.3 is 18.9 Å². The van der Waals surface area contributed by atoms with Crippen molar-refractivity contribution >= 4 is 44.7 Å². The average Bonchev–Trinajstić information content (AvgIpc) is 2.69. The van der Waals surface area contributed by atoms with Crippen LogP contribution in [0.15, 0.2) is 77.9 Å². The monoisotopic (exact) mass is 428 g/mol. The Bertz CT molecular complexity index is 918. The SMILES string of the molecule is C=C[C-]=O.[CH2-][C@@H]([CH-]C(=O)Nc1cccc2cccnc12)c1ccc(Br)cc1.[Li+].